The third-order valence-electron chi connectivity index (χ3n) is 5.53. The molecule has 4 rings (SSSR count). The van der Waals surface area contributed by atoms with Gasteiger partial charge in [-0.15, -0.1) is 0 Å². The molecule has 0 spiro atoms. The van der Waals surface area contributed by atoms with Gasteiger partial charge in [-0.05, 0) is 66.6 Å². The van der Waals surface area contributed by atoms with Gasteiger partial charge in [0, 0.05) is 21.3 Å². The number of hydrogen-bond donors (Lipinski definition) is 3. The highest BCUT2D eigenvalue weighted by Gasteiger charge is 2.31. The number of imide groups is 1. The predicted octanol–water partition coefficient (Wildman–Crippen LogP) is 4.47. The first-order chi connectivity index (χ1) is 18.1. The van der Waals surface area contributed by atoms with Gasteiger partial charge < -0.3 is 10.4 Å². The van der Waals surface area contributed by atoms with Crippen LogP contribution in [-0.2, 0) is 16.0 Å². The number of hydrogen-bond acceptors (Lipinski definition) is 6. The summed E-state index contributed by atoms with van der Waals surface area (Å²) in [6, 6.07) is 16.3. The summed E-state index contributed by atoms with van der Waals surface area (Å²) < 4.78 is 14.9. The van der Waals surface area contributed by atoms with E-state index in [1.54, 1.807) is 24.3 Å². The maximum Gasteiger partial charge on any atom is 0.323 e. The van der Waals surface area contributed by atoms with E-state index in [9.17, 15) is 33.5 Å². The van der Waals surface area contributed by atoms with Crippen molar-refractivity contribution in [2.75, 3.05) is 16.8 Å². The number of thioether (sulfide) groups is 1. The molecular weight excluding hydrogens is 581 g/mol. The van der Waals surface area contributed by atoms with Gasteiger partial charge in [0.15, 0.2) is 0 Å². The lowest BCUT2D eigenvalue weighted by Gasteiger charge is -2.22. The van der Waals surface area contributed by atoms with Gasteiger partial charge in [-0.25, -0.2) is 4.39 Å². The molecule has 9 nitrogen and oxygen atoms in total. The second-order valence-corrected chi connectivity index (χ2v) is 10.3. The number of benzene rings is 3. The van der Waals surface area contributed by atoms with Crippen molar-refractivity contribution in [1.82, 2.24) is 5.32 Å². The zero-order valence-electron chi connectivity index (χ0n) is 19.4. The first-order valence-corrected chi connectivity index (χ1v) is 12.8. The Kier molecular flexibility index (Phi) is 8.23. The number of anilines is 2. The van der Waals surface area contributed by atoms with Crippen molar-refractivity contribution >= 4 is 68.0 Å². The number of rotatable bonds is 8. The van der Waals surface area contributed by atoms with E-state index >= 15 is 0 Å². The SMILES string of the molecule is O=C(O)CN(C(=O)c1ccc(NC(=O)c2ccc(CC3SC(=O)NC3=O)cc2)cc1)c1ccc(Br)cc1F. The molecule has 1 saturated heterocycles. The summed E-state index contributed by atoms with van der Waals surface area (Å²) in [6.07, 6.45) is 0.350. The highest BCUT2D eigenvalue weighted by atomic mass is 79.9. The van der Waals surface area contributed by atoms with Gasteiger partial charge in [0.2, 0.25) is 5.91 Å². The first kappa shape index (κ1) is 27.0. The number of carbonyl (C=O) groups is 5. The van der Waals surface area contributed by atoms with Crippen molar-refractivity contribution in [3.8, 4) is 0 Å². The Bertz CT molecular complexity index is 1430. The number of nitrogens with zero attached hydrogens (tertiary/aromatic N) is 1. The van der Waals surface area contributed by atoms with Crippen LogP contribution >= 0.6 is 27.7 Å². The zero-order valence-corrected chi connectivity index (χ0v) is 21.8. The molecule has 1 aliphatic heterocycles. The van der Waals surface area contributed by atoms with E-state index in [0.717, 1.165) is 28.3 Å². The fourth-order valence-corrected chi connectivity index (χ4v) is 4.88. The normalized spacial score (nSPS) is 14.6. The van der Waals surface area contributed by atoms with Gasteiger partial charge in [0.05, 0.1) is 10.9 Å². The van der Waals surface area contributed by atoms with E-state index < -0.39 is 35.4 Å². The van der Waals surface area contributed by atoms with Crippen LogP contribution in [-0.4, -0.2) is 45.8 Å². The lowest BCUT2D eigenvalue weighted by molar-refractivity contribution is -0.135. The smallest absolute Gasteiger partial charge is 0.323 e. The molecule has 1 fully saturated rings. The van der Waals surface area contributed by atoms with E-state index in [2.05, 4.69) is 26.6 Å². The van der Waals surface area contributed by atoms with Gasteiger partial charge in [0.25, 0.3) is 17.1 Å². The molecule has 38 heavy (non-hydrogen) atoms. The number of aliphatic carboxylic acids is 1. The zero-order chi connectivity index (χ0) is 27.4. The number of amides is 4. The molecular formula is C26H19BrFN3O6S. The Morgan fingerprint density at radius 2 is 1.66 bits per heavy atom. The van der Waals surface area contributed by atoms with Gasteiger partial charge in [0.1, 0.15) is 12.4 Å². The van der Waals surface area contributed by atoms with Crippen LogP contribution in [0.4, 0.5) is 20.6 Å². The van der Waals surface area contributed by atoms with E-state index in [-0.39, 0.29) is 22.4 Å². The summed E-state index contributed by atoms with van der Waals surface area (Å²) in [5.41, 5.74) is 1.45. The second kappa shape index (κ2) is 11.6. The molecule has 12 heteroatoms. The molecule has 3 aromatic carbocycles. The Hall–Kier alpha value is -4.03. The lowest BCUT2D eigenvalue weighted by Crippen LogP contribution is -2.36. The number of carboxylic acid groups (broad SMARTS) is 1. The van der Waals surface area contributed by atoms with Gasteiger partial charge in [-0.1, -0.05) is 39.8 Å². The van der Waals surface area contributed by atoms with Crippen molar-refractivity contribution in [3.05, 3.63) is 93.7 Å². The minimum absolute atomic E-state index is 0.100. The molecule has 0 bridgehead atoms. The molecule has 3 N–H and O–H groups in total. The fraction of sp³-hybridized carbons (Fsp3) is 0.115. The number of carboxylic acids is 1. The van der Waals surface area contributed by atoms with Crippen LogP contribution in [0.5, 0.6) is 0 Å². The van der Waals surface area contributed by atoms with Crippen LogP contribution in [0.1, 0.15) is 26.3 Å². The third-order valence-corrected chi connectivity index (χ3v) is 7.01. The molecule has 3 aromatic rings. The van der Waals surface area contributed by atoms with E-state index in [0.29, 0.717) is 22.1 Å². The fourth-order valence-electron chi connectivity index (χ4n) is 3.69. The van der Waals surface area contributed by atoms with Gasteiger partial charge in [-0.3, -0.25) is 34.2 Å². The predicted molar refractivity (Wildman–Crippen MR) is 143 cm³/mol. The maximum absolute atomic E-state index is 14.5. The summed E-state index contributed by atoms with van der Waals surface area (Å²) in [6.45, 7) is -0.744. The van der Waals surface area contributed by atoms with Crippen LogP contribution in [0, 0.1) is 5.82 Å². The summed E-state index contributed by atoms with van der Waals surface area (Å²) in [5.74, 6) is -3.55. The topological polar surface area (TPSA) is 133 Å². The van der Waals surface area contributed by atoms with Crippen LogP contribution in [0.15, 0.2) is 71.2 Å². The van der Waals surface area contributed by atoms with Gasteiger partial charge >= 0.3 is 5.97 Å². The molecule has 0 aliphatic carbocycles. The summed E-state index contributed by atoms with van der Waals surface area (Å²) in [5, 5.41) is 13.3. The second-order valence-electron chi connectivity index (χ2n) is 8.20. The minimum atomic E-state index is -1.31. The summed E-state index contributed by atoms with van der Waals surface area (Å²) >= 11 is 4.06. The average molecular weight is 600 g/mol. The van der Waals surface area contributed by atoms with E-state index in [4.69, 9.17) is 0 Å². The molecule has 194 valence electrons. The molecule has 1 atom stereocenters. The quantitative estimate of drug-likeness (QED) is 0.348. The van der Waals surface area contributed by atoms with Crippen LogP contribution in [0.3, 0.4) is 0 Å². The Labute approximate surface area is 228 Å². The molecule has 1 unspecified atom stereocenters. The highest BCUT2D eigenvalue weighted by molar-refractivity contribution is 9.10. The van der Waals surface area contributed by atoms with Crippen LogP contribution in [0.25, 0.3) is 0 Å². The van der Waals surface area contributed by atoms with Crippen molar-refractivity contribution < 1.29 is 33.5 Å². The lowest BCUT2D eigenvalue weighted by atomic mass is 10.1. The molecule has 1 heterocycles. The molecule has 0 saturated carbocycles. The number of halogens is 2. The Balaban J connectivity index is 1.42. The van der Waals surface area contributed by atoms with Crippen molar-refractivity contribution in [2.45, 2.75) is 11.7 Å². The number of carbonyl (C=O) groups excluding carboxylic acids is 4. The summed E-state index contributed by atoms with van der Waals surface area (Å²) in [7, 11) is 0. The van der Waals surface area contributed by atoms with Gasteiger partial charge in [-0.2, -0.15) is 0 Å². The average Bonchev–Trinajstić information content (AvgIpc) is 3.19. The van der Waals surface area contributed by atoms with Crippen LogP contribution < -0.4 is 15.5 Å². The molecule has 1 aliphatic rings. The molecule has 4 amide bonds. The Morgan fingerprint density at radius 1 is 1.00 bits per heavy atom. The molecule has 0 aromatic heterocycles. The largest absolute Gasteiger partial charge is 0.480 e. The monoisotopic (exact) mass is 599 g/mol. The standard InChI is InChI=1S/C26H19BrFN3O6S/c27-17-7-10-20(19(28)12-17)31(13-22(32)33)25(36)16-5-8-18(9-6-16)29-23(34)15-3-1-14(2-4-15)11-21-24(35)30-26(37)38-21/h1-10,12,21H,11,13H2,(H,29,34)(H,32,33)(H,30,35,37). The van der Waals surface area contributed by atoms with E-state index in [1.807, 2.05) is 0 Å². The minimum Gasteiger partial charge on any atom is -0.480 e. The third kappa shape index (κ3) is 6.45. The highest BCUT2D eigenvalue weighted by Crippen LogP contribution is 2.26. The summed E-state index contributed by atoms with van der Waals surface area (Å²) in [4.78, 5) is 60.9. The number of nitrogens with one attached hydrogen (secondary N) is 2. The van der Waals surface area contributed by atoms with Crippen molar-refractivity contribution in [1.29, 1.82) is 0 Å². The maximum atomic E-state index is 14.5. The van der Waals surface area contributed by atoms with Crippen molar-refractivity contribution in [2.24, 2.45) is 0 Å². The van der Waals surface area contributed by atoms with Crippen molar-refractivity contribution in [3.63, 3.8) is 0 Å². The Morgan fingerprint density at radius 3 is 2.24 bits per heavy atom. The van der Waals surface area contributed by atoms with Crippen LogP contribution in [0.2, 0.25) is 0 Å². The van der Waals surface area contributed by atoms with E-state index in [1.165, 1.54) is 36.4 Å². The molecule has 0 radical (unpaired) electrons. The first-order valence-electron chi connectivity index (χ1n) is 11.1.